The Bertz CT molecular complexity index is 406. The van der Waals surface area contributed by atoms with Gasteiger partial charge in [0.15, 0.2) is 0 Å². The number of hydrogen-bond acceptors (Lipinski definition) is 3. The van der Waals surface area contributed by atoms with Crippen molar-refractivity contribution < 1.29 is 4.79 Å². The van der Waals surface area contributed by atoms with Crippen LogP contribution in [0.3, 0.4) is 0 Å². The van der Waals surface area contributed by atoms with Gasteiger partial charge in [0.1, 0.15) is 0 Å². The fourth-order valence-electron chi connectivity index (χ4n) is 1.75. The third kappa shape index (κ3) is 2.23. The smallest absolute Gasteiger partial charge is 0.237 e. The van der Waals surface area contributed by atoms with Crippen LogP contribution in [0.4, 0.5) is 5.69 Å². The second-order valence-corrected chi connectivity index (χ2v) is 5.10. The van der Waals surface area contributed by atoms with E-state index in [2.05, 4.69) is 24.4 Å². The van der Waals surface area contributed by atoms with E-state index in [0.717, 1.165) is 23.4 Å². The van der Waals surface area contributed by atoms with E-state index in [0.29, 0.717) is 6.54 Å². The van der Waals surface area contributed by atoms with Crippen LogP contribution in [0.15, 0.2) is 23.1 Å². The minimum Gasteiger partial charge on any atom is -0.330 e. The van der Waals surface area contributed by atoms with Crippen LogP contribution in [0.2, 0.25) is 0 Å². The van der Waals surface area contributed by atoms with Crippen LogP contribution < -0.4 is 11.1 Å². The van der Waals surface area contributed by atoms with Crippen molar-refractivity contribution in [1.29, 1.82) is 0 Å². The van der Waals surface area contributed by atoms with Gasteiger partial charge in [-0.15, -0.1) is 11.8 Å². The normalized spacial score (nSPS) is 19.1. The Hall–Kier alpha value is -1.00. The van der Waals surface area contributed by atoms with Crippen molar-refractivity contribution >= 4 is 23.4 Å². The molecular formula is C12H16N2OS. The fourth-order valence-corrected chi connectivity index (χ4v) is 2.94. The fraction of sp³-hybridized carbons (Fsp3) is 0.417. The van der Waals surface area contributed by atoms with Gasteiger partial charge in [0.25, 0.3) is 0 Å². The van der Waals surface area contributed by atoms with Crippen LogP contribution in [-0.4, -0.2) is 17.7 Å². The van der Waals surface area contributed by atoms with E-state index >= 15 is 0 Å². The third-order valence-electron chi connectivity index (χ3n) is 2.70. The molecule has 1 aromatic carbocycles. The molecule has 1 aliphatic heterocycles. The number of anilines is 1. The molecule has 16 heavy (non-hydrogen) atoms. The van der Waals surface area contributed by atoms with E-state index in [1.54, 1.807) is 11.8 Å². The van der Waals surface area contributed by atoms with Crippen LogP contribution in [-0.2, 0) is 11.2 Å². The highest BCUT2D eigenvalue weighted by molar-refractivity contribution is 8.01. The molecule has 0 spiro atoms. The van der Waals surface area contributed by atoms with E-state index < -0.39 is 0 Å². The maximum atomic E-state index is 11.7. The summed E-state index contributed by atoms with van der Waals surface area (Å²) >= 11 is 1.63. The zero-order chi connectivity index (χ0) is 11.5. The second-order valence-electron chi connectivity index (χ2n) is 3.86. The number of fused-ring (bicyclic) bond motifs is 1. The predicted octanol–water partition coefficient (Wildman–Crippen LogP) is 2.01. The molecule has 0 aliphatic carbocycles. The molecule has 3 nitrogen and oxygen atoms in total. The van der Waals surface area contributed by atoms with Gasteiger partial charge in [-0.3, -0.25) is 4.79 Å². The number of carbonyl (C=O) groups excluding carboxylic acids is 1. The number of amides is 1. The highest BCUT2D eigenvalue weighted by atomic mass is 32.2. The standard InChI is InChI=1S/C12H16N2OS/c1-2-8-3-4-9-11(7-8)16-10(5-6-13)12(15)14-9/h3-4,7,10H,2,5-6,13H2,1H3,(H,14,15). The van der Waals surface area contributed by atoms with Gasteiger partial charge < -0.3 is 11.1 Å². The molecular weight excluding hydrogens is 220 g/mol. The number of carbonyl (C=O) groups is 1. The molecule has 0 saturated heterocycles. The monoisotopic (exact) mass is 236 g/mol. The predicted molar refractivity (Wildman–Crippen MR) is 67.8 cm³/mol. The minimum absolute atomic E-state index is 0.0374. The van der Waals surface area contributed by atoms with E-state index in [9.17, 15) is 4.79 Å². The molecule has 1 amide bonds. The summed E-state index contributed by atoms with van der Waals surface area (Å²) in [5.41, 5.74) is 7.74. The molecule has 3 N–H and O–H groups in total. The number of aryl methyl sites for hydroxylation is 1. The molecule has 1 unspecified atom stereocenters. The summed E-state index contributed by atoms with van der Waals surface area (Å²) < 4.78 is 0. The highest BCUT2D eigenvalue weighted by Crippen LogP contribution is 2.37. The Morgan fingerprint density at radius 3 is 3.00 bits per heavy atom. The summed E-state index contributed by atoms with van der Waals surface area (Å²) in [6.07, 6.45) is 1.75. The van der Waals surface area contributed by atoms with E-state index in [4.69, 9.17) is 5.73 Å². The van der Waals surface area contributed by atoms with Gasteiger partial charge in [0.05, 0.1) is 10.9 Å². The lowest BCUT2D eigenvalue weighted by atomic mass is 10.1. The zero-order valence-electron chi connectivity index (χ0n) is 9.32. The molecule has 1 aliphatic rings. The molecule has 0 aromatic heterocycles. The first kappa shape index (κ1) is 11.5. The van der Waals surface area contributed by atoms with Crippen LogP contribution in [0.1, 0.15) is 18.9 Å². The number of nitrogens with one attached hydrogen (secondary N) is 1. The second kappa shape index (κ2) is 4.89. The molecule has 0 saturated carbocycles. The molecule has 2 rings (SSSR count). The maximum absolute atomic E-state index is 11.7. The molecule has 0 radical (unpaired) electrons. The van der Waals surface area contributed by atoms with Crippen molar-refractivity contribution in [3.8, 4) is 0 Å². The average Bonchev–Trinajstić information content (AvgIpc) is 2.30. The van der Waals surface area contributed by atoms with Crippen LogP contribution in [0, 0.1) is 0 Å². The Kier molecular flexibility index (Phi) is 3.51. The lowest BCUT2D eigenvalue weighted by Gasteiger charge is -2.24. The lowest BCUT2D eigenvalue weighted by Crippen LogP contribution is -2.30. The maximum Gasteiger partial charge on any atom is 0.237 e. The number of nitrogens with two attached hydrogens (primary N) is 1. The van der Waals surface area contributed by atoms with Gasteiger partial charge in [0.2, 0.25) is 5.91 Å². The van der Waals surface area contributed by atoms with Gasteiger partial charge in [-0.05, 0) is 37.1 Å². The van der Waals surface area contributed by atoms with Gasteiger partial charge >= 0.3 is 0 Å². The van der Waals surface area contributed by atoms with Gasteiger partial charge in [-0.1, -0.05) is 13.0 Å². The largest absolute Gasteiger partial charge is 0.330 e. The highest BCUT2D eigenvalue weighted by Gasteiger charge is 2.26. The van der Waals surface area contributed by atoms with E-state index in [1.165, 1.54) is 5.56 Å². The minimum atomic E-state index is -0.0374. The summed E-state index contributed by atoms with van der Waals surface area (Å²) in [4.78, 5) is 12.9. The number of thioether (sulfide) groups is 1. The molecule has 1 heterocycles. The van der Waals surface area contributed by atoms with Gasteiger partial charge in [-0.2, -0.15) is 0 Å². The lowest BCUT2D eigenvalue weighted by molar-refractivity contribution is -0.115. The molecule has 4 heteroatoms. The zero-order valence-corrected chi connectivity index (χ0v) is 10.1. The number of hydrogen-bond donors (Lipinski definition) is 2. The van der Waals surface area contributed by atoms with Crippen molar-refractivity contribution in [2.24, 2.45) is 5.73 Å². The van der Waals surface area contributed by atoms with Crippen molar-refractivity contribution in [2.75, 3.05) is 11.9 Å². The van der Waals surface area contributed by atoms with Crippen molar-refractivity contribution in [3.05, 3.63) is 23.8 Å². The summed E-state index contributed by atoms with van der Waals surface area (Å²) in [6, 6.07) is 6.20. The summed E-state index contributed by atoms with van der Waals surface area (Å²) in [7, 11) is 0. The summed E-state index contributed by atoms with van der Waals surface area (Å²) in [5, 5.41) is 2.89. The first-order valence-electron chi connectivity index (χ1n) is 5.55. The molecule has 1 aromatic rings. The van der Waals surface area contributed by atoms with Crippen LogP contribution >= 0.6 is 11.8 Å². The van der Waals surface area contributed by atoms with E-state index in [-0.39, 0.29) is 11.2 Å². The molecule has 0 fully saturated rings. The number of rotatable bonds is 3. The van der Waals surface area contributed by atoms with Gasteiger partial charge in [-0.25, -0.2) is 0 Å². The Morgan fingerprint density at radius 2 is 2.31 bits per heavy atom. The molecule has 1 atom stereocenters. The first-order chi connectivity index (χ1) is 7.74. The van der Waals surface area contributed by atoms with Crippen molar-refractivity contribution in [3.63, 3.8) is 0 Å². The van der Waals surface area contributed by atoms with Crippen molar-refractivity contribution in [1.82, 2.24) is 0 Å². The Balaban J connectivity index is 2.25. The van der Waals surface area contributed by atoms with Gasteiger partial charge in [0, 0.05) is 4.90 Å². The molecule has 86 valence electrons. The Labute approximate surface area is 99.8 Å². The van der Waals surface area contributed by atoms with Crippen LogP contribution in [0.5, 0.6) is 0 Å². The summed E-state index contributed by atoms with van der Waals surface area (Å²) in [5.74, 6) is 0.0761. The number of benzene rings is 1. The Morgan fingerprint density at radius 1 is 1.50 bits per heavy atom. The van der Waals surface area contributed by atoms with Crippen LogP contribution in [0.25, 0.3) is 0 Å². The summed E-state index contributed by atoms with van der Waals surface area (Å²) in [6.45, 7) is 2.68. The average molecular weight is 236 g/mol. The van der Waals surface area contributed by atoms with Crippen molar-refractivity contribution in [2.45, 2.75) is 29.9 Å². The topological polar surface area (TPSA) is 55.1 Å². The quantitative estimate of drug-likeness (QED) is 0.844. The SMILES string of the molecule is CCc1ccc2c(c1)SC(CCN)C(=O)N2. The first-order valence-corrected chi connectivity index (χ1v) is 6.43. The van der Waals surface area contributed by atoms with E-state index in [1.807, 2.05) is 6.07 Å². The third-order valence-corrected chi connectivity index (χ3v) is 4.03. The molecule has 0 bridgehead atoms.